The molecule has 1 heterocycles. The van der Waals surface area contributed by atoms with Crippen LogP contribution >= 0.6 is 0 Å². The van der Waals surface area contributed by atoms with Gasteiger partial charge in [0.2, 0.25) is 0 Å². The number of allylic oxidation sites excluding steroid dienone is 1. The maximum atomic E-state index is 11.8. The lowest BCUT2D eigenvalue weighted by atomic mass is 9.75. The third-order valence-corrected chi connectivity index (χ3v) is 4.80. The summed E-state index contributed by atoms with van der Waals surface area (Å²) in [4.78, 5) is 15.7. The molecule has 1 radical (unpaired) electrons. The highest BCUT2D eigenvalue weighted by atomic mass is 16.3. The van der Waals surface area contributed by atoms with E-state index in [1.165, 1.54) is 5.57 Å². The molecule has 0 unspecified atom stereocenters. The van der Waals surface area contributed by atoms with Crippen LogP contribution < -0.4 is 5.32 Å². The maximum Gasteiger partial charge on any atom is 0.255 e. The molecule has 1 aromatic carbocycles. The quantitative estimate of drug-likeness (QED) is 0.697. The van der Waals surface area contributed by atoms with Gasteiger partial charge in [0.1, 0.15) is 0 Å². The normalized spacial score (nSPS) is 12.5. The highest BCUT2D eigenvalue weighted by Crippen LogP contribution is 2.44. The number of amides is 1. The van der Waals surface area contributed by atoms with Gasteiger partial charge in [0, 0.05) is 36.9 Å². The summed E-state index contributed by atoms with van der Waals surface area (Å²) in [5, 5.41) is 12.5. The Morgan fingerprint density at radius 1 is 1.07 bits per heavy atom. The average molecular weight is 384 g/mol. The molecule has 0 saturated heterocycles. The second kappa shape index (κ2) is 10.2. The number of nitrogens with one attached hydrogen (secondary N) is 1. The number of hydrogen-bond acceptors (Lipinski definition) is 3. The minimum Gasteiger partial charge on any atom is -0.390 e. The van der Waals surface area contributed by atoms with Crippen molar-refractivity contribution in [2.75, 3.05) is 5.32 Å². The van der Waals surface area contributed by atoms with Crippen LogP contribution in [0.3, 0.4) is 0 Å². The van der Waals surface area contributed by atoms with Gasteiger partial charge in [0.05, 0.1) is 5.60 Å². The van der Waals surface area contributed by atoms with E-state index in [1.54, 1.807) is 30.6 Å². The summed E-state index contributed by atoms with van der Waals surface area (Å²) in [7, 11) is 0. The number of hydrogen-bond donors (Lipinski definition) is 2. The third kappa shape index (κ3) is 6.93. The predicted octanol–water partition coefficient (Wildman–Crippen LogP) is 5.84. The Kier molecular flexibility index (Phi) is 8.58. The van der Waals surface area contributed by atoms with E-state index in [2.05, 4.69) is 36.6 Å². The van der Waals surface area contributed by atoms with Crippen LogP contribution in [0.5, 0.6) is 0 Å². The van der Waals surface area contributed by atoms with Crippen molar-refractivity contribution in [2.45, 2.75) is 54.1 Å². The van der Waals surface area contributed by atoms with E-state index >= 15 is 0 Å². The van der Waals surface area contributed by atoms with Gasteiger partial charge in [-0.05, 0) is 45.0 Å². The Balaban J connectivity index is 0.000000524. The maximum absolute atomic E-state index is 11.8. The largest absolute Gasteiger partial charge is 0.390 e. The summed E-state index contributed by atoms with van der Waals surface area (Å²) in [6, 6.07) is 11.0. The highest BCUT2D eigenvalue weighted by molar-refractivity contribution is 6.04. The van der Waals surface area contributed by atoms with E-state index in [-0.39, 0.29) is 12.7 Å². The van der Waals surface area contributed by atoms with Crippen molar-refractivity contribution in [1.29, 1.82) is 0 Å². The number of benzene rings is 1. The first-order chi connectivity index (χ1) is 13.1. The minimum atomic E-state index is -0.619. The lowest BCUT2D eigenvalue weighted by molar-refractivity contribution is -0.0103. The molecule has 0 bridgehead atoms. The van der Waals surface area contributed by atoms with E-state index in [0.29, 0.717) is 5.56 Å². The van der Waals surface area contributed by atoms with Crippen molar-refractivity contribution in [3.63, 3.8) is 0 Å². The smallest absolute Gasteiger partial charge is 0.255 e. The number of aryl methyl sites for hydroxylation is 1. The Morgan fingerprint density at radius 3 is 2.07 bits per heavy atom. The minimum absolute atomic E-state index is 0. The number of anilines is 1. The summed E-state index contributed by atoms with van der Waals surface area (Å²) in [5.74, 6) is -0.102. The van der Waals surface area contributed by atoms with Gasteiger partial charge in [0.25, 0.3) is 5.91 Å². The van der Waals surface area contributed by atoms with Crippen LogP contribution in [0.15, 0.2) is 60.4 Å². The van der Waals surface area contributed by atoms with Crippen molar-refractivity contribution in [3.8, 4) is 0 Å². The summed E-state index contributed by atoms with van der Waals surface area (Å²) >= 11 is 0. The van der Waals surface area contributed by atoms with Crippen LogP contribution in [0.25, 0.3) is 0 Å². The molecule has 0 aliphatic heterocycles. The SMILES string of the molecule is CC.CC(C)(O)C(C)(C)C1=C[CH]1.Cc1cccc(C(=O)Nc2ccncc2)c1.[HH]. The second-order valence-corrected chi connectivity index (χ2v) is 7.53. The zero-order valence-corrected chi connectivity index (χ0v) is 18.1. The van der Waals surface area contributed by atoms with Gasteiger partial charge < -0.3 is 10.4 Å². The average Bonchev–Trinajstić information content (AvgIpc) is 3.49. The molecule has 0 spiro atoms. The number of aliphatic hydroxyl groups is 1. The molecule has 0 atom stereocenters. The van der Waals surface area contributed by atoms with E-state index in [4.69, 9.17) is 0 Å². The van der Waals surface area contributed by atoms with Gasteiger partial charge in [-0.1, -0.05) is 57.0 Å². The van der Waals surface area contributed by atoms with Crippen LogP contribution in [0.4, 0.5) is 5.69 Å². The number of rotatable bonds is 4. The Morgan fingerprint density at radius 2 is 1.64 bits per heavy atom. The van der Waals surface area contributed by atoms with Gasteiger partial charge in [-0.3, -0.25) is 9.78 Å². The molecule has 3 rings (SSSR count). The molecule has 4 heteroatoms. The molecule has 28 heavy (non-hydrogen) atoms. The fourth-order valence-corrected chi connectivity index (χ4v) is 2.24. The van der Waals surface area contributed by atoms with Crippen molar-refractivity contribution >= 4 is 11.6 Å². The molecule has 1 aliphatic carbocycles. The number of aromatic nitrogens is 1. The zero-order valence-electron chi connectivity index (χ0n) is 18.1. The van der Waals surface area contributed by atoms with Gasteiger partial charge >= 0.3 is 0 Å². The molecule has 1 aliphatic rings. The van der Waals surface area contributed by atoms with E-state index in [0.717, 1.165) is 11.3 Å². The molecule has 1 aromatic heterocycles. The third-order valence-electron chi connectivity index (χ3n) is 4.80. The number of nitrogens with zero attached hydrogens (tertiary/aromatic N) is 1. The van der Waals surface area contributed by atoms with Gasteiger partial charge in [0.15, 0.2) is 0 Å². The van der Waals surface area contributed by atoms with E-state index in [1.807, 2.05) is 52.8 Å². The first kappa shape index (κ1) is 23.6. The highest BCUT2D eigenvalue weighted by Gasteiger charge is 2.41. The zero-order chi connectivity index (χ0) is 21.4. The van der Waals surface area contributed by atoms with Gasteiger partial charge in [-0.2, -0.15) is 0 Å². The van der Waals surface area contributed by atoms with Crippen LogP contribution in [-0.4, -0.2) is 21.6 Å². The molecule has 4 nitrogen and oxygen atoms in total. The standard InChI is InChI=1S/C13H12N2O.C9H15O.C2H6.H2/c1-10-3-2-4-11(9-10)13(16)15-12-5-7-14-8-6-12;1-8(2,7-5-6-7)9(3,4)10;1-2;/h2-9H,1H3,(H,14,15,16);5-6,10H,1-4H3;1-2H3;1H. The fraction of sp³-hybridized carbons (Fsp3) is 0.375. The van der Waals surface area contributed by atoms with Crippen LogP contribution in [0.2, 0.25) is 0 Å². The molecule has 0 saturated carbocycles. The number of carbonyl (C=O) groups is 1. The summed E-state index contributed by atoms with van der Waals surface area (Å²) < 4.78 is 0. The molecule has 0 fully saturated rings. The molecular formula is C24H35N2O2. The summed E-state index contributed by atoms with van der Waals surface area (Å²) in [6.45, 7) is 13.8. The molecule has 2 N–H and O–H groups in total. The Labute approximate surface area is 171 Å². The fourth-order valence-electron chi connectivity index (χ4n) is 2.24. The monoisotopic (exact) mass is 383 g/mol. The molecule has 153 valence electrons. The molecule has 1 amide bonds. The first-order valence-electron chi connectivity index (χ1n) is 9.67. The van der Waals surface area contributed by atoms with Crippen molar-refractivity contribution in [1.82, 2.24) is 4.98 Å². The van der Waals surface area contributed by atoms with Crippen LogP contribution in [-0.2, 0) is 0 Å². The summed E-state index contributed by atoms with van der Waals surface area (Å²) in [5.41, 5.74) is 3.04. The lowest BCUT2D eigenvalue weighted by Crippen LogP contribution is -2.38. The van der Waals surface area contributed by atoms with Crippen molar-refractivity contribution in [2.24, 2.45) is 5.41 Å². The lowest BCUT2D eigenvalue weighted by Gasteiger charge is -2.35. The van der Waals surface area contributed by atoms with E-state index < -0.39 is 5.60 Å². The Hall–Kier alpha value is -2.46. The van der Waals surface area contributed by atoms with Gasteiger partial charge in [-0.15, -0.1) is 0 Å². The van der Waals surface area contributed by atoms with E-state index in [9.17, 15) is 9.90 Å². The van der Waals surface area contributed by atoms with Crippen molar-refractivity contribution in [3.05, 3.63) is 78.0 Å². The summed E-state index contributed by atoms with van der Waals surface area (Å²) in [6.07, 6.45) is 7.40. The topological polar surface area (TPSA) is 62.2 Å². The first-order valence-corrected chi connectivity index (χ1v) is 9.67. The van der Waals surface area contributed by atoms with Crippen LogP contribution in [0.1, 0.15) is 58.9 Å². The Bertz CT molecular complexity index is 794. The van der Waals surface area contributed by atoms with Gasteiger partial charge in [-0.25, -0.2) is 0 Å². The van der Waals surface area contributed by atoms with Crippen molar-refractivity contribution < 1.29 is 11.3 Å². The molecular weight excluding hydrogens is 348 g/mol. The van der Waals surface area contributed by atoms with Crippen LogP contribution in [0, 0.1) is 18.8 Å². The number of pyridine rings is 1. The molecule has 2 aromatic rings. The number of carbonyl (C=O) groups excluding carboxylic acids is 1. The predicted molar refractivity (Wildman–Crippen MR) is 119 cm³/mol. The second-order valence-electron chi connectivity index (χ2n) is 7.53.